The monoisotopic (exact) mass is 328 g/mol. The van der Waals surface area contributed by atoms with E-state index in [2.05, 4.69) is 20.7 Å². The number of hydrogen-bond acceptors (Lipinski definition) is 5. The lowest BCUT2D eigenvalue weighted by Gasteiger charge is -2.28. The van der Waals surface area contributed by atoms with Crippen molar-refractivity contribution in [3.8, 4) is 0 Å². The van der Waals surface area contributed by atoms with Crippen LogP contribution in [0, 0.1) is 0 Å². The van der Waals surface area contributed by atoms with Crippen molar-refractivity contribution >= 4 is 0 Å². The van der Waals surface area contributed by atoms with Gasteiger partial charge in [0.15, 0.2) is 5.54 Å². The molecule has 10 heteroatoms. The molecule has 0 amide bonds. The normalized spacial score (nSPS) is 21.7. The van der Waals surface area contributed by atoms with Crippen molar-refractivity contribution in [2.75, 3.05) is 6.54 Å². The molecule has 0 spiro atoms. The van der Waals surface area contributed by atoms with E-state index in [-0.39, 0.29) is 37.4 Å². The number of tetrazole rings is 1. The quantitative estimate of drug-likeness (QED) is 0.893. The molecule has 7 nitrogen and oxygen atoms in total. The van der Waals surface area contributed by atoms with E-state index in [4.69, 9.17) is 0 Å². The zero-order valence-corrected chi connectivity index (χ0v) is 12.1. The summed E-state index contributed by atoms with van der Waals surface area (Å²) < 4.78 is 41.6. The minimum Gasteiger partial charge on any atom is -0.314 e. The summed E-state index contributed by atoms with van der Waals surface area (Å²) in [6.07, 6.45) is -2.61. The van der Waals surface area contributed by atoms with E-state index in [0.29, 0.717) is 6.42 Å². The molecule has 3 heterocycles. The predicted octanol–water partition coefficient (Wildman–Crippen LogP) is 0.676. The summed E-state index contributed by atoms with van der Waals surface area (Å²) in [5, 5.41) is 13.6. The third-order valence-electron chi connectivity index (χ3n) is 3.91. The maximum atomic E-state index is 13.4. The summed E-state index contributed by atoms with van der Waals surface area (Å²) >= 11 is 0. The van der Waals surface area contributed by atoms with Crippen LogP contribution in [0.2, 0.25) is 0 Å². The lowest BCUT2D eigenvalue weighted by molar-refractivity contribution is -0.198. The highest BCUT2D eigenvalue weighted by Gasteiger charge is 2.60. The molecule has 0 aliphatic carbocycles. The molecular weight excluding hydrogens is 313 g/mol. The Labute approximate surface area is 129 Å². The maximum Gasteiger partial charge on any atom is 0.414 e. The molecule has 1 unspecified atom stereocenters. The van der Waals surface area contributed by atoms with E-state index in [9.17, 15) is 18.0 Å². The molecule has 1 N–H and O–H groups in total. The number of nitrogens with zero attached hydrogens (tertiary/aromatic N) is 5. The van der Waals surface area contributed by atoms with Gasteiger partial charge < -0.3 is 4.57 Å². The first-order chi connectivity index (χ1) is 10.9. The second kappa shape index (κ2) is 5.76. The number of rotatable bonds is 4. The van der Waals surface area contributed by atoms with Crippen LogP contribution in [0.25, 0.3) is 0 Å². The van der Waals surface area contributed by atoms with E-state index >= 15 is 0 Å². The Morgan fingerprint density at radius 1 is 1.30 bits per heavy atom. The molecule has 1 atom stereocenters. The van der Waals surface area contributed by atoms with Gasteiger partial charge in [0.25, 0.3) is 5.56 Å². The Kier molecular flexibility index (Phi) is 3.92. The number of alkyl halides is 3. The van der Waals surface area contributed by atoms with Gasteiger partial charge in [-0.15, -0.1) is 10.2 Å². The molecule has 0 bridgehead atoms. The first-order valence-corrected chi connectivity index (χ1v) is 7.18. The van der Waals surface area contributed by atoms with Crippen LogP contribution in [0.3, 0.4) is 0 Å². The first kappa shape index (κ1) is 15.7. The fraction of sp³-hybridized carbons (Fsp3) is 0.538. The third kappa shape index (κ3) is 2.85. The van der Waals surface area contributed by atoms with Crippen molar-refractivity contribution in [3.05, 3.63) is 40.6 Å². The lowest BCUT2D eigenvalue weighted by atomic mass is 9.96. The van der Waals surface area contributed by atoms with Gasteiger partial charge in [-0.1, -0.05) is 6.07 Å². The van der Waals surface area contributed by atoms with Gasteiger partial charge >= 0.3 is 6.18 Å². The van der Waals surface area contributed by atoms with Crippen LogP contribution in [0.5, 0.6) is 0 Å². The van der Waals surface area contributed by atoms with Gasteiger partial charge in [-0.2, -0.15) is 18.0 Å². The molecule has 1 fully saturated rings. The van der Waals surface area contributed by atoms with E-state index in [1.165, 1.54) is 10.6 Å². The number of halogens is 3. The summed E-state index contributed by atoms with van der Waals surface area (Å²) in [4.78, 5) is 12.7. The zero-order chi connectivity index (χ0) is 16.5. The standard InChI is InChI=1S/C13H15F3N6O/c14-13(15,16)12(5-3-6-17-12)11-18-20-22(19-11)9-8-21-7-2-1-4-10(21)23/h1-2,4,7,17H,3,5-6,8-9H2. The maximum absolute atomic E-state index is 13.4. The largest absolute Gasteiger partial charge is 0.414 e. The summed E-state index contributed by atoms with van der Waals surface area (Å²) in [6, 6.07) is 4.72. The zero-order valence-electron chi connectivity index (χ0n) is 12.1. The van der Waals surface area contributed by atoms with Crippen LogP contribution in [0.15, 0.2) is 29.2 Å². The smallest absolute Gasteiger partial charge is 0.314 e. The summed E-state index contributed by atoms with van der Waals surface area (Å²) in [7, 11) is 0. The molecule has 1 saturated heterocycles. The van der Waals surface area contributed by atoms with Crippen LogP contribution in [0.1, 0.15) is 18.7 Å². The van der Waals surface area contributed by atoms with Crippen LogP contribution < -0.4 is 10.9 Å². The number of aryl methyl sites for hydroxylation is 2. The van der Waals surface area contributed by atoms with Crippen molar-refractivity contribution in [1.82, 2.24) is 30.1 Å². The fourth-order valence-electron chi connectivity index (χ4n) is 2.65. The Balaban J connectivity index is 1.78. The average molecular weight is 328 g/mol. The second-order valence-corrected chi connectivity index (χ2v) is 5.37. The van der Waals surface area contributed by atoms with Crippen LogP contribution in [-0.4, -0.2) is 37.5 Å². The summed E-state index contributed by atoms with van der Waals surface area (Å²) in [6.45, 7) is 0.667. The molecule has 0 aromatic carbocycles. The van der Waals surface area contributed by atoms with Crippen molar-refractivity contribution in [2.45, 2.75) is 37.6 Å². The number of aromatic nitrogens is 5. The minimum atomic E-state index is -4.49. The molecule has 124 valence electrons. The first-order valence-electron chi connectivity index (χ1n) is 7.18. The molecule has 2 aromatic rings. The molecule has 2 aromatic heterocycles. The molecule has 0 radical (unpaired) electrons. The number of hydrogen-bond donors (Lipinski definition) is 1. The van der Waals surface area contributed by atoms with E-state index in [0.717, 1.165) is 4.80 Å². The van der Waals surface area contributed by atoms with E-state index < -0.39 is 11.7 Å². The highest BCUT2D eigenvalue weighted by molar-refractivity contribution is 5.11. The SMILES string of the molecule is O=c1ccccn1CCn1nnc(C2(C(F)(F)F)CCCN2)n1. The predicted molar refractivity (Wildman–Crippen MR) is 73.5 cm³/mol. The van der Waals surface area contributed by atoms with Crippen LogP contribution >= 0.6 is 0 Å². The Morgan fingerprint density at radius 2 is 2.13 bits per heavy atom. The van der Waals surface area contributed by atoms with Gasteiger partial charge in [0, 0.05) is 18.8 Å². The highest BCUT2D eigenvalue weighted by Crippen LogP contribution is 2.43. The van der Waals surface area contributed by atoms with Crippen molar-refractivity contribution in [3.63, 3.8) is 0 Å². The highest BCUT2D eigenvalue weighted by atomic mass is 19.4. The van der Waals surface area contributed by atoms with Crippen molar-refractivity contribution < 1.29 is 13.2 Å². The van der Waals surface area contributed by atoms with Crippen LogP contribution in [-0.2, 0) is 18.6 Å². The molecule has 23 heavy (non-hydrogen) atoms. The summed E-state index contributed by atoms with van der Waals surface area (Å²) in [5.41, 5.74) is -2.42. The minimum absolute atomic E-state index is 0.111. The summed E-state index contributed by atoms with van der Waals surface area (Å²) in [5.74, 6) is -0.372. The van der Waals surface area contributed by atoms with Crippen molar-refractivity contribution in [2.24, 2.45) is 0 Å². The molecule has 0 saturated carbocycles. The Morgan fingerprint density at radius 3 is 2.78 bits per heavy atom. The van der Waals surface area contributed by atoms with Gasteiger partial charge in [0.1, 0.15) is 0 Å². The fourth-order valence-corrected chi connectivity index (χ4v) is 2.65. The van der Waals surface area contributed by atoms with Gasteiger partial charge in [-0.25, -0.2) is 0 Å². The Bertz CT molecular complexity index is 732. The van der Waals surface area contributed by atoms with Gasteiger partial charge in [0.05, 0.1) is 6.54 Å². The lowest BCUT2D eigenvalue weighted by Crippen LogP contribution is -2.50. The second-order valence-electron chi connectivity index (χ2n) is 5.37. The van der Waals surface area contributed by atoms with Crippen molar-refractivity contribution in [1.29, 1.82) is 0 Å². The molecule has 3 rings (SSSR count). The topological polar surface area (TPSA) is 77.6 Å². The molecule has 1 aliphatic rings. The van der Waals surface area contributed by atoms with E-state index in [1.807, 2.05) is 0 Å². The van der Waals surface area contributed by atoms with Gasteiger partial charge in [-0.05, 0) is 30.7 Å². The van der Waals surface area contributed by atoms with Crippen LogP contribution in [0.4, 0.5) is 13.2 Å². The number of pyridine rings is 1. The molecule has 1 aliphatic heterocycles. The number of nitrogens with one attached hydrogen (secondary N) is 1. The van der Waals surface area contributed by atoms with E-state index in [1.54, 1.807) is 18.3 Å². The van der Waals surface area contributed by atoms with Gasteiger partial charge in [0.2, 0.25) is 5.82 Å². The average Bonchev–Trinajstić information content (AvgIpc) is 3.15. The third-order valence-corrected chi connectivity index (χ3v) is 3.91. The Hall–Kier alpha value is -2.23. The van der Waals surface area contributed by atoms with Gasteiger partial charge in [-0.3, -0.25) is 10.1 Å². The molecular formula is C13H15F3N6O.